The fourth-order valence-corrected chi connectivity index (χ4v) is 3.68. The number of fused-ring (bicyclic) bond motifs is 2. The largest absolute Gasteiger partial charge is 0.418 e. The predicted molar refractivity (Wildman–Crippen MR) is 94.1 cm³/mol. The van der Waals surface area contributed by atoms with E-state index >= 15 is 0 Å². The second-order valence-electron chi connectivity index (χ2n) is 6.74. The molecule has 4 rings (SSSR count). The molecular formula is C17H19ClF3N5O. The fourth-order valence-electron chi connectivity index (χ4n) is 3.68. The molecule has 2 saturated heterocycles. The van der Waals surface area contributed by atoms with E-state index in [0.29, 0.717) is 19.1 Å². The molecule has 2 atom stereocenters. The van der Waals surface area contributed by atoms with Crippen molar-refractivity contribution in [2.45, 2.75) is 37.5 Å². The number of amides is 1. The normalized spacial score (nSPS) is 22.3. The molecule has 10 heteroatoms. The number of benzene rings is 1. The molecule has 1 aromatic heterocycles. The van der Waals surface area contributed by atoms with Crippen LogP contribution in [0, 0.1) is 0 Å². The molecule has 2 bridgehead atoms. The number of halogens is 4. The molecule has 3 heterocycles. The van der Waals surface area contributed by atoms with Crippen molar-refractivity contribution in [2.75, 3.05) is 13.1 Å². The first kappa shape index (κ1) is 19.6. The van der Waals surface area contributed by atoms with Gasteiger partial charge < -0.3 is 10.2 Å². The topological polar surface area (TPSA) is 63.1 Å². The number of nitrogens with zero attached hydrogens (tertiary/aromatic N) is 4. The molecule has 27 heavy (non-hydrogen) atoms. The van der Waals surface area contributed by atoms with Crippen molar-refractivity contribution in [1.29, 1.82) is 0 Å². The molecular weight excluding hydrogens is 383 g/mol. The van der Waals surface area contributed by atoms with Crippen molar-refractivity contribution in [3.05, 3.63) is 41.7 Å². The number of hydrogen-bond donors (Lipinski definition) is 1. The van der Waals surface area contributed by atoms with Gasteiger partial charge in [0.05, 0.1) is 17.4 Å². The number of carbonyl (C=O) groups is 1. The Morgan fingerprint density at radius 1 is 1.15 bits per heavy atom. The summed E-state index contributed by atoms with van der Waals surface area (Å²) in [6.07, 6.45) is -0.226. The highest BCUT2D eigenvalue weighted by molar-refractivity contribution is 5.92. The monoisotopic (exact) mass is 401 g/mol. The highest BCUT2D eigenvalue weighted by Crippen LogP contribution is 2.33. The smallest absolute Gasteiger partial charge is 0.336 e. The van der Waals surface area contributed by atoms with Crippen molar-refractivity contribution in [2.24, 2.45) is 0 Å². The van der Waals surface area contributed by atoms with Gasteiger partial charge in [0.1, 0.15) is 0 Å². The Hall–Kier alpha value is -2.13. The fraction of sp³-hybridized carbons (Fsp3) is 0.471. The van der Waals surface area contributed by atoms with Crippen LogP contribution in [0.25, 0.3) is 5.69 Å². The molecule has 2 fully saturated rings. The highest BCUT2D eigenvalue weighted by atomic mass is 35.5. The predicted octanol–water partition coefficient (Wildman–Crippen LogP) is 2.67. The molecule has 146 valence electrons. The Labute approximate surface area is 160 Å². The van der Waals surface area contributed by atoms with Gasteiger partial charge in [0.2, 0.25) is 0 Å². The van der Waals surface area contributed by atoms with E-state index in [9.17, 15) is 18.0 Å². The minimum absolute atomic E-state index is 0. The van der Waals surface area contributed by atoms with Gasteiger partial charge in [-0.1, -0.05) is 17.3 Å². The second-order valence-corrected chi connectivity index (χ2v) is 6.74. The molecule has 2 aliphatic heterocycles. The minimum Gasteiger partial charge on any atom is -0.336 e. The molecule has 0 aliphatic carbocycles. The second kappa shape index (κ2) is 7.47. The van der Waals surface area contributed by atoms with Crippen LogP contribution in [-0.4, -0.2) is 51.0 Å². The molecule has 0 spiro atoms. The van der Waals surface area contributed by atoms with Crippen LogP contribution in [0.3, 0.4) is 0 Å². The third kappa shape index (κ3) is 3.93. The summed E-state index contributed by atoms with van der Waals surface area (Å²) in [4.78, 5) is 14.4. The van der Waals surface area contributed by atoms with E-state index < -0.39 is 11.7 Å². The molecule has 2 aromatic rings. The van der Waals surface area contributed by atoms with E-state index in [-0.39, 0.29) is 35.7 Å². The first-order valence-corrected chi connectivity index (χ1v) is 8.56. The lowest BCUT2D eigenvalue weighted by Crippen LogP contribution is -2.39. The summed E-state index contributed by atoms with van der Waals surface area (Å²) in [6, 6.07) is 5.80. The number of aromatic nitrogens is 3. The van der Waals surface area contributed by atoms with Crippen LogP contribution >= 0.6 is 12.4 Å². The zero-order chi connectivity index (χ0) is 18.3. The Balaban J connectivity index is 0.00000210. The van der Waals surface area contributed by atoms with Crippen molar-refractivity contribution in [3.63, 3.8) is 0 Å². The zero-order valence-electron chi connectivity index (χ0n) is 14.3. The third-order valence-corrected chi connectivity index (χ3v) is 4.98. The average molecular weight is 402 g/mol. The third-order valence-electron chi connectivity index (χ3n) is 4.98. The maximum atomic E-state index is 13.2. The van der Waals surface area contributed by atoms with Gasteiger partial charge in [-0.3, -0.25) is 4.79 Å². The first-order chi connectivity index (χ1) is 12.4. The number of hydrogen-bond acceptors (Lipinski definition) is 4. The standard InChI is InChI=1S/C17H18F3N5O.ClH/c18-17(19,20)13-3-1-2-4-15(13)25-10-14(22-23-25)16(26)24-8-7-11-5-6-12(9-24)21-11;/h1-4,10-12,21H,5-9H2;1H. The van der Waals surface area contributed by atoms with E-state index in [1.54, 1.807) is 4.90 Å². The summed E-state index contributed by atoms with van der Waals surface area (Å²) >= 11 is 0. The molecule has 0 saturated carbocycles. The van der Waals surface area contributed by atoms with Gasteiger partial charge in [0, 0.05) is 25.2 Å². The molecule has 1 aromatic carbocycles. The van der Waals surface area contributed by atoms with E-state index in [4.69, 9.17) is 0 Å². The van der Waals surface area contributed by atoms with Crippen LogP contribution < -0.4 is 5.32 Å². The summed E-state index contributed by atoms with van der Waals surface area (Å²) in [5.74, 6) is -0.296. The van der Waals surface area contributed by atoms with Crippen LogP contribution in [-0.2, 0) is 6.18 Å². The number of carbonyl (C=O) groups excluding carboxylic acids is 1. The van der Waals surface area contributed by atoms with Crippen LogP contribution in [0.2, 0.25) is 0 Å². The lowest BCUT2D eigenvalue weighted by atomic mass is 10.1. The van der Waals surface area contributed by atoms with Crippen molar-refractivity contribution in [1.82, 2.24) is 25.2 Å². The number of nitrogens with one attached hydrogen (secondary N) is 1. The van der Waals surface area contributed by atoms with E-state index in [1.807, 2.05) is 0 Å². The van der Waals surface area contributed by atoms with Gasteiger partial charge in [0.25, 0.3) is 5.91 Å². The Morgan fingerprint density at radius 2 is 1.89 bits per heavy atom. The van der Waals surface area contributed by atoms with Gasteiger partial charge in [0.15, 0.2) is 5.69 Å². The lowest BCUT2D eigenvalue weighted by molar-refractivity contribution is -0.137. The summed E-state index contributed by atoms with van der Waals surface area (Å²) in [5, 5.41) is 11.1. The molecule has 1 amide bonds. The maximum absolute atomic E-state index is 13.2. The van der Waals surface area contributed by atoms with Gasteiger partial charge >= 0.3 is 6.18 Å². The number of likely N-dealkylation sites (tertiary alicyclic amines) is 1. The van der Waals surface area contributed by atoms with Gasteiger partial charge in [-0.25, -0.2) is 4.68 Å². The van der Waals surface area contributed by atoms with Crippen LogP contribution in [0.5, 0.6) is 0 Å². The molecule has 0 radical (unpaired) electrons. The van der Waals surface area contributed by atoms with Gasteiger partial charge in [-0.05, 0) is 31.4 Å². The van der Waals surface area contributed by atoms with Gasteiger partial charge in [-0.15, -0.1) is 17.5 Å². The van der Waals surface area contributed by atoms with E-state index in [1.165, 1.54) is 24.4 Å². The minimum atomic E-state index is -4.51. The van der Waals surface area contributed by atoms with Crippen LogP contribution in [0.15, 0.2) is 30.5 Å². The van der Waals surface area contributed by atoms with E-state index in [2.05, 4.69) is 15.6 Å². The van der Waals surface area contributed by atoms with Crippen molar-refractivity contribution < 1.29 is 18.0 Å². The van der Waals surface area contributed by atoms with Crippen LogP contribution in [0.1, 0.15) is 35.3 Å². The summed E-state index contributed by atoms with van der Waals surface area (Å²) in [7, 11) is 0. The van der Waals surface area contributed by atoms with Crippen molar-refractivity contribution >= 4 is 18.3 Å². The Bertz CT molecular complexity index is 825. The average Bonchev–Trinajstić information content (AvgIpc) is 3.20. The van der Waals surface area contributed by atoms with Crippen molar-refractivity contribution in [3.8, 4) is 5.69 Å². The van der Waals surface area contributed by atoms with E-state index in [0.717, 1.165) is 30.0 Å². The van der Waals surface area contributed by atoms with Gasteiger partial charge in [-0.2, -0.15) is 13.2 Å². The molecule has 2 aliphatic rings. The zero-order valence-corrected chi connectivity index (χ0v) is 15.1. The number of rotatable bonds is 2. The highest BCUT2D eigenvalue weighted by Gasteiger charge is 2.35. The number of para-hydroxylation sites is 1. The number of alkyl halides is 3. The SMILES string of the molecule is Cl.O=C(c1cn(-c2ccccc2C(F)(F)F)nn1)N1CCC2CCC(C1)N2. The molecule has 6 nitrogen and oxygen atoms in total. The molecule has 2 unspecified atom stereocenters. The first-order valence-electron chi connectivity index (χ1n) is 8.56. The lowest BCUT2D eigenvalue weighted by Gasteiger charge is -2.23. The summed E-state index contributed by atoms with van der Waals surface area (Å²) < 4.78 is 40.5. The summed E-state index contributed by atoms with van der Waals surface area (Å²) in [5.41, 5.74) is -0.914. The summed E-state index contributed by atoms with van der Waals surface area (Å²) in [6.45, 7) is 1.19. The van der Waals surface area contributed by atoms with Crippen LogP contribution in [0.4, 0.5) is 13.2 Å². The Kier molecular flexibility index (Phi) is 5.43. The quantitative estimate of drug-likeness (QED) is 0.840. The molecule has 1 N–H and O–H groups in total. The Morgan fingerprint density at radius 3 is 2.67 bits per heavy atom. The maximum Gasteiger partial charge on any atom is 0.418 e.